The molecule has 0 aliphatic rings. The number of benzene rings is 1. The van der Waals surface area contributed by atoms with E-state index in [9.17, 15) is 8.78 Å². The molecule has 0 aliphatic heterocycles. The molecule has 0 radical (unpaired) electrons. The molecule has 0 fully saturated rings. The molecule has 2 N–H and O–H groups in total. The van der Waals surface area contributed by atoms with Crippen molar-refractivity contribution >= 4 is 5.96 Å². The number of guanidine groups is 1. The summed E-state index contributed by atoms with van der Waals surface area (Å²) in [5.74, 6) is 0.406. The molecule has 0 amide bonds. The average Bonchev–Trinajstić information content (AvgIpc) is 3.02. The molecule has 2 aromatic rings. The Morgan fingerprint density at radius 1 is 1.26 bits per heavy atom. The molecular formula is C16H20F2N4O. The van der Waals surface area contributed by atoms with Crippen LogP contribution in [0.1, 0.15) is 23.9 Å². The minimum Gasteiger partial charge on any atom is -0.359 e. The molecule has 5 nitrogen and oxygen atoms in total. The van der Waals surface area contributed by atoms with Crippen LogP contribution in [-0.2, 0) is 19.4 Å². The van der Waals surface area contributed by atoms with E-state index in [2.05, 4.69) is 20.8 Å². The highest BCUT2D eigenvalue weighted by Gasteiger charge is 2.06. The largest absolute Gasteiger partial charge is 0.359 e. The Hall–Kier alpha value is -2.44. The lowest BCUT2D eigenvalue weighted by Gasteiger charge is -2.11. The number of hydrogen-bond donors (Lipinski definition) is 2. The first kappa shape index (κ1) is 16.9. The van der Waals surface area contributed by atoms with Gasteiger partial charge >= 0.3 is 0 Å². The van der Waals surface area contributed by atoms with E-state index in [4.69, 9.17) is 4.52 Å². The van der Waals surface area contributed by atoms with Gasteiger partial charge in [0, 0.05) is 19.7 Å². The number of aromatic nitrogens is 1. The summed E-state index contributed by atoms with van der Waals surface area (Å²) in [6.07, 6.45) is 1.17. The summed E-state index contributed by atoms with van der Waals surface area (Å²) in [7, 11) is 1.63. The molecule has 0 saturated heterocycles. The van der Waals surface area contributed by atoms with Crippen LogP contribution in [0.3, 0.4) is 0 Å². The van der Waals surface area contributed by atoms with Crippen LogP contribution in [0.4, 0.5) is 8.78 Å². The minimum atomic E-state index is -0.444. The summed E-state index contributed by atoms with van der Waals surface area (Å²) in [5, 5.41) is 10.0. The van der Waals surface area contributed by atoms with Crippen molar-refractivity contribution in [2.75, 3.05) is 13.6 Å². The summed E-state index contributed by atoms with van der Waals surface area (Å²) >= 11 is 0. The van der Waals surface area contributed by atoms with Crippen molar-refractivity contribution in [2.24, 2.45) is 4.99 Å². The van der Waals surface area contributed by atoms with Crippen molar-refractivity contribution < 1.29 is 13.3 Å². The van der Waals surface area contributed by atoms with Crippen molar-refractivity contribution in [1.29, 1.82) is 0 Å². The van der Waals surface area contributed by atoms with E-state index in [0.717, 1.165) is 24.2 Å². The monoisotopic (exact) mass is 322 g/mol. The van der Waals surface area contributed by atoms with Crippen LogP contribution in [0, 0.1) is 11.6 Å². The van der Waals surface area contributed by atoms with Crippen molar-refractivity contribution in [3.05, 3.63) is 52.9 Å². The third kappa shape index (κ3) is 5.05. The predicted molar refractivity (Wildman–Crippen MR) is 84.1 cm³/mol. The van der Waals surface area contributed by atoms with Gasteiger partial charge < -0.3 is 15.2 Å². The zero-order valence-corrected chi connectivity index (χ0v) is 13.2. The van der Waals surface area contributed by atoms with Gasteiger partial charge in [0.05, 0.1) is 12.2 Å². The Labute approximate surface area is 133 Å². The Kier molecular flexibility index (Phi) is 6.08. The molecule has 0 saturated carbocycles. The Balaban J connectivity index is 1.80. The number of aryl methyl sites for hydroxylation is 1. The van der Waals surface area contributed by atoms with Gasteiger partial charge in [0.15, 0.2) is 11.7 Å². The van der Waals surface area contributed by atoms with Gasteiger partial charge in [-0.15, -0.1) is 0 Å². The van der Waals surface area contributed by atoms with Crippen LogP contribution in [0.15, 0.2) is 33.8 Å². The maximum atomic E-state index is 13.5. The smallest absolute Gasteiger partial charge is 0.191 e. The third-order valence-electron chi connectivity index (χ3n) is 3.32. The van der Waals surface area contributed by atoms with E-state index in [1.165, 1.54) is 6.07 Å². The number of aliphatic imine (C=N–C) groups is 1. The topological polar surface area (TPSA) is 62.5 Å². The number of rotatable bonds is 6. The first-order chi connectivity index (χ1) is 11.1. The quantitative estimate of drug-likeness (QED) is 0.633. The fourth-order valence-electron chi connectivity index (χ4n) is 2.05. The van der Waals surface area contributed by atoms with Crippen molar-refractivity contribution in [1.82, 2.24) is 15.8 Å². The molecule has 1 aromatic heterocycles. The predicted octanol–water partition coefficient (Wildman–Crippen LogP) is 2.42. The van der Waals surface area contributed by atoms with E-state index in [1.807, 2.05) is 13.0 Å². The summed E-state index contributed by atoms with van der Waals surface area (Å²) in [5.41, 5.74) is 1.22. The normalized spacial score (nSPS) is 11.6. The molecule has 0 atom stereocenters. The van der Waals surface area contributed by atoms with Crippen molar-refractivity contribution in [3.63, 3.8) is 0 Å². The lowest BCUT2D eigenvalue weighted by Crippen LogP contribution is -2.37. The van der Waals surface area contributed by atoms with E-state index < -0.39 is 11.6 Å². The fourth-order valence-corrected chi connectivity index (χ4v) is 2.05. The number of halogens is 2. The second-order valence-electron chi connectivity index (χ2n) is 4.98. The Morgan fingerprint density at radius 2 is 2.09 bits per heavy atom. The summed E-state index contributed by atoms with van der Waals surface area (Å²) in [6, 6.07) is 5.32. The number of nitrogens with zero attached hydrogens (tertiary/aromatic N) is 2. The highest BCUT2D eigenvalue weighted by atomic mass is 19.1. The molecule has 23 heavy (non-hydrogen) atoms. The van der Waals surface area contributed by atoms with Gasteiger partial charge in [0.25, 0.3) is 0 Å². The molecule has 1 aromatic carbocycles. The Morgan fingerprint density at radius 3 is 2.78 bits per heavy atom. The highest BCUT2D eigenvalue weighted by Crippen LogP contribution is 2.09. The standard InChI is InChI=1S/C16H20F2N4O/c1-3-13-9-14(23-22-13)10-21-16(19-2)20-7-6-11-8-12(17)4-5-15(11)18/h4-5,8-9H,3,6-7,10H2,1-2H3,(H2,19,20,21). The maximum absolute atomic E-state index is 13.5. The van der Waals surface area contributed by atoms with Crippen LogP contribution < -0.4 is 10.6 Å². The molecule has 124 valence electrons. The van der Waals surface area contributed by atoms with E-state index in [0.29, 0.717) is 36.8 Å². The molecule has 7 heteroatoms. The van der Waals surface area contributed by atoms with Crippen LogP contribution >= 0.6 is 0 Å². The maximum Gasteiger partial charge on any atom is 0.191 e. The zero-order chi connectivity index (χ0) is 16.7. The van der Waals surface area contributed by atoms with Gasteiger partial charge in [-0.3, -0.25) is 4.99 Å². The van der Waals surface area contributed by atoms with Crippen molar-refractivity contribution in [3.8, 4) is 0 Å². The van der Waals surface area contributed by atoms with Gasteiger partial charge in [-0.05, 0) is 36.6 Å². The van der Waals surface area contributed by atoms with E-state index in [-0.39, 0.29) is 0 Å². The molecule has 0 spiro atoms. The van der Waals surface area contributed by atoms with Crippen LogP contribution in [0.25, 0.3) is 0 Å². The van der Waals surface area contributed by atoms with Gasteiger partial charge in [-0.1, -0.05) is 12.1 Å². The second-order valence-corrected chi connectivity index (χ2v) is 4.98. The molecular weight excluding hydrogens is 302 g/mol. The van der Waals surface area contributed by atoms with Gasteiger partial charge in [0.1, 0.15) is 11.6 Å². The van der Waals surface area contributed by atoms with Gasteiger partial charge in [-0.25, -0.2) is 8.78 Å². The minimum absolute atomic E-state index is 0.329. The van der Waals surface area contributed by atoms with E-state index >= 15 is 0 Å². The number of nitrogens with one attached hydrogen (secondary N) is 2. The molecule has 2 rings (SSSR count). The highest BCUT2D eigenvalue weighted by molar-refractivity contribution is 5.79. The first-order valence-electron chi connectivity index (χ1n) is 7.45. The Bertz CT molecular complexity index is 670. The van der Waals surface area contributed by atoms with Crippen LogP contribution in [-0.4, -0.2) is 24.7 Å². The lowest BCUT2D eigenvalue weighted by molar-refractivity contribution is 0.374. The molecule has 1 heterocycles. The molecule has 0 bridgehead atoms. The summed E-state index contributed by atoms with van der Waals surface area (Å²) in [6.45, 7) is 2.87. The lowest BCUT2D eigenvalue weighted by atomic mass is 10.1. The summed E-state index contributed by atoms with van der Waals surface area (Å²) in [4.78, 5) is 4.07. The van der Waals surface area contributed by atoms with Crippen LogP contribution in [0.2, 0.25) is 0 Å². The fraction of sp³-hybridized carbons (Fsp3) is 0.375. The SMILES string of the molecule is CCc1cc(CNC(=NC)NCCc2cc(F)ccc2F)on1. The number of hydrogen-bond acceptors (Lipinski definition) is 3. The van der Waals surface area contributed by atoms with E-state index in [1.54, 1.807) is 7.05 Å². The van der Waals surface area contributed by atoms with Gasteiger partial charge in [-0.2, -0.15) is 0 Å². The summed E-state index contributed by atoms with van der Waals surface area (Å²) < 4.78 is 31.8. The van der Waals surface area contributed by atoms with Gasteiger partial charge in [0.2, 0.25) is 0 Å². The molecule has 0 aliphatic carbocycles. The third-order valence-corrected chi connectivity index (χ3v) is 3.32. The zero-order valence-electron chi connectivity index (χ0n) is 13.2. The average molecular weight is 322 g/mol. The van der Waals surface area contributed by atoms with Crippen LogP contribution in [0.5, 0.6) is 0 Å². The first-order valence-corrected chi connectivity index (χ1v) is 7.45. The second kappa shape index (κ2) is 8.26. The molecule has 0 unspecified atom stereocenters. The van der Waals surface area contributed by atoms with Crippen molar-refractivity contribution in [2.45, 2.75) is 26.3 Å².